The second-order valence-corrected chi connectivity index (χ2v) is 5.86. The maximum Gasteiger partial charge on any atom is 0.389 e. The third-order valence-corrected chi connectivity index (χ3v) is 4.10. The number of nitrogens with one attached hydrogen (secondary N) is 1. The highest BCUT2D eigenvalue weighted by Crippen LogP contribution is 2.35. The molecule has 0 saturated heterocycles. The molecule has 1 N–H and O–H groups in total. The van der Waals surface area contributed by atoms with Crippen molar-refractivity contribution in [2.75, 3.05) is 13.7 Å². The summed E-state index contributed by atoms with van der Waals surface area (Å²) in [5.41, 5.74) is 1.74. The van der Waals surface area contributed by atoms with Crippen LogP contribution in [0.3, 0.4) is 0 Å². The highest BCUT2D eigenvalue weighted by atomic mass is 79.9. The highest BCUT2D eigenvalue weighted by Gasteiger charge is 2.29. The van der Waals surface area contributed by atoms with Crippen molar-refractivity contribution in [3.05, 3.63) is 27.7 Å². The van der Waals surface area contributed by atoms with Crippen LogP contribution in [0, 0.1) is 6.92 Å². The highest BCUT2D eigenvalue weighted by molar-refractivity contribution is 9.10. The van der Waals surface area contributed by atoms with Gasteiger partial charge in [0.15, 0.2) is 0 Å². The van der Waals surface area contributed by atoms with E-state index in [9.17, 15) is 13.2 Å². The first-order valence-corrected chi connectivity index (χ1v) is 7.72. The van der Waals surface area contributed by atoms with Crippen LogP contribution in [0.2, 0.25) is 0 Å². The number of aryl methyl sites for hydroxylation is 1. The predicted molar refractivity (Wildman–Crippen MR) is 81.8 cm³/mol. The summed E-state index contributed by atoms with van der Waals surface area (Å²) in [4.78, 5) is 0. The van der Waals surface area contributed by atoms with Crippen molar-refractivity contribution in [2.45, 2.75) is 45.3 Å². The van der Waals surface area contributed by atoms with Gasteiger partial charge in [0.05, 0.1) is 7.11 Å². The van der Waals surface area contributed by atoms with Gasteiger partial charge in [-0.25, -0.2) is 0 Å². The molecular weight excluding hydrogens is 347 g/mol. The van der Waals surface area contributed by atoms with Crippen LogP contribution in [0.25, 0.3) is 0 Å². The fourth-order valence-electron chi connectivity index (χ4n) is 2.11. The molecule has 21 heavy (non-hydrogen) atoms. The Bertz CT molecular complexity index is 463. The van der Waals surface area contributed by atoms with E-state index >= 15 is 0 Å². The van der Waals surface area contributed by atoms with E-state index in [4.69, 9.17) is 4.74 Å². The van der Waals surface area contributed by atoms with Gasteiger partial charge in [0.2, 0.25) is 0 Å². The molecule has 0 aliphatic heterocycles. The standard InChI is InChI=1S/C15H21BrF3NO/c1-4-7-20-13(5-6-15(17,18)19)11-9-12(16)10(2)8-14(11)21-3/h8-9,13,20H,4-7H2,1-3H3. The van der Waals surface area contributed by atoms with Gasteiger partial charge in [0.25, 0.3) is 0 Å². The Labute approximate surface area is 132 Å². The SMILES string of the molecule is CCCNC(CCC(F)(F)F)c1cc(Br)c(C)cc1OC. The first-order chi connectivity index (χ1) is 9.78. The minimum Gasteiger partial charge on any atom is -0.496 e. The summed E-state index contributed by atoms with van der Waals surface area (Å²) in [5.74, 6) is 0.617. The molecule has 0 aliphatic carbocycles. The van der Waals surface area contributed by atoms with Crippen LogP contribution >= 0.6 is 15.9 Å². The van der Waals surface area contributed by atoms with Gasteiger partial charge in [-0.05, 0) is 44.0 Å². The quantitative estimate of drug-likeness (QED) is 0.719. The van der Waals surface area contributed by atoms with Gasteiger partial charge in [-0.3, -0.25) is 0 Å². The van der Waals surface area contributed by atoms with Crippen LogP contribution < -0.4 is 10.1 Å². The van der Waals surface area contributed by atoms with Crippen molar-refractivity contribution in [2.24, 2.45) is 0 Å². The number of rotatable bonds is 7. The summed E-state index contributed by atoms with van der Waals surface area (Å²) in [6, 6.07) is 3.31. The van der Waals surface area contributed by atoms with E-state index in [1.165, 1.54) is 7.11 Å². The van der Waals surface area contributed by atoms with Gasteiger partial charge in [-0.15, -0.1) is 0 Å². The zero-order valence-electron chi connectivity index (χ0n) is 12.5. The molecule has 0 aliphatic rings. The molecule has 0 spiro atoms. The fourth-order valence-corrected chi connectivity index (χ4v) is 2.47. The van der Waals surface area contributed by atoms with Crippen LogP contribution in [0.15, 0.2) is 16.6 Å². The topological polar surface area (TPSA) is 21.3 Å². The molecule has 2 nitrogen and oxygen atoms in total. The van der Waals surface area contributed by atoms with Crippen LogP contribution in [0.5, 0.6) is 5.75 Å². The largest absolute Gasteiger partial charge is 0.496 e. The number of hydrogen-bond donors (Lipinski definition) is 1. The molecule has 0 fully saturated rings. The molecule has 0 amide bonds. The average molecular weight is 368 g/mol. The maximum absolute atomic E-state index is 12.5. The third-order valence-electron chi connectivity index (χ3n) is 3.24. The summed E-state index contributed by atoms with van der Waals surface area (Å²) in [6.07, 6.45) is -4.11. The zero-order valence-corrected chi connectivity index (χ0v) is 14.1. The van der Waals surface area contributed by atoms with Crippen LogP contribution in [0.1, 0.15) is 43.4 Å². The minimum atomic E-state index is -4.15. The molecule has 1 aromatic carbocycles. The van der Waals surface area contributed by atoms with Crippen LogP contribution in [-0.4, -0.2) is 19.8 Å². The van der Waals surface area contributed by atoms with Crippen molar-refractivity contribution in [1.29, 1.82) is 0 Å². The summed E-state index contributed by atoms with van der Waals surface area (Å²) in [6.45, 7) is 4.56. The number of hydrogen-bond acceptors (Lipinski definition) is 2. The zero-order chi connectivity index (χ0) is 16.0. The monoisotopic (exact) mass is 367 g/mol. The Hall–Kier alpha value is -0.750. The molecule has 6 heteroatoms. The third kappa shape index (κ3) is 5.87. The molecular formula is C15H21BrF3NO. The van der Waals surface area contributed by atoms with Gasteiger partial charge in [-0.1, -0.05) is 22.9 Å². The average Bonchev–Trinajstić information content (AvgIpc) is 2.40. The Balaban J connectivity index is 3.03. The second kappa shape index (κ2) is 8.03. The normalized spacial score (nSPS) is 13.3. The smallest absolute Gasteiger partial charge is 0.389 e. The van der Waals surface area contributed by atoms with E-state index in [1.54, 1.807) is 0 Å². The first kappa shape index (κ1) is 18.3. The number of alkyl halides is 3. The van der Waals surface area contributed by atoms with E-state index in [0.29, 0.717) is 12.3 Å². The maximum atomic E-state index is 12.5. The van der Waals surface area contributed by atoms with E-state index in [-0.39, 0.29) is 12.5 Å². The molecule has 0 bridgehead atoms. The molecule has 1 rings (SSSR count). The van der Waals surface area contributed by atoms with Crippen LogP contribution in [0.4, 0.5) is 13.2 Å². The van der Waals surface area contributed by atoms with Crippen molar-refractivity contribution in [3.63, 3.8) is 0 Å². The Morgan fingerprint density at radius 1 is 1.33 bits per heavy atom. The number of benzene rings is 1. The van der Waals surface area contributed by atoms with Crippen molar-refractivity contribution >= 4 is 15.9 Å². The van der Waals surface area contributed by atoms with Gasteiger partial charge < -0.3 is 10.1 Å². The van der Waals surface area contributed by atoms with E-state index < -0.39 is 12.6 Å². The number of ether oxygens (including phenoxy) is 1. The van der Waals surface area contributed by atoms with Crippen molar-refractivity contribution in [3.8, 4) is 5.75 Å². The van der Waals surface area contributed by atoms with Gasteiger partial charge in [-0.2, -0.15) is 13.2 Å². The fraction of sp³-hybridized carbons (Fsp3) is 0.600. The minimum absolute atomic E-state index is 0.00460. The molecule has 1 aromatic rings. The van der Waals surface area contributed by atoms with Gasteiger partial charge in [0, 0.05) is 22.5 Å². The lowest BCUT2D eigenvalue weighted by molar-refractivity contribution is -0.136. The molecule has 120 valence electrons. The van der Waals surface area contributed by atoms with Gasteiger partial charge >= 0.3 is 6.18 Å². The molecule has 0 heterocycles. The Morgan fingerprint density at radius 2 is 2.00 bits per heavy atom. The van der Waals surface area contributed by atoms with E-state index in [0.717, 1.165) is 22.0 Å². The molecule has 1 unspecified atom stereocenters. The number of halogens is 4. The lowest BCUT2D eigenvalue weighted by atomic mass is 9.99. The predicted octanol–water partition coefficient (Wildman–Crippen LogP) is 5.15. The van der Waals surface area contributed by atoms with Gasteiger partial charge in [0.1, 0.15) is 5.75 Å². The Kier molecular flexibility index (Phi) is 7.00. The molecule has 0 aromatic heterocycles. The first-order valence-electron chi connectivity index (χ1n) is 6.92. The molecule has 0 saturated carbocycles. The lowest BCUT2D eigenvalue weighted by Crippen LogP contribution is -2.24. The summed E-state index contributed by atoms with van der Waals surface area (Å²) in [5, 5.41) is 3.18. The number of methoxy groups -OCH3 is 1. The van der Waals surface area contributed by atoms with E-state index in [1.807, 2.05) is 26.0 Å². The van der Waals surface area contributed by atoms with Crippen molar-refractivity contribution in [1.82, 2.24) is 5.32 Å². The second-order valence-electron chi connectivity index (χ2n) is 5.00. The lowest BCUT2D eigenvalue weighted by Gasteiger charge is -2.23. The summed E-state index contributed by atoms with van der Waals surface area (Å²) in [7, 11) is 1.53. The molecule has 0 radical (unpaired) electrons. The van der Waals surface area contributed by atoms with E-state index in [2.05, 4.69) is 21.2 Å². The molecule has 1 atom stereocenters. The van der Waals surface area contributed by atoms with Crippen LogP contribution in [-0.2, 0) is 0 Å². The summed E-state index contributed by atoms with van der Waals surface area (Å²) < 4.78 is 43.7. The Morgan fingerprint density at radius 3 is 2.52 bits per heavy atom. The van der Waals surface area contributed by atoms with Crippen molar-refractivity contribution < 1.29 is 17.9 Å². The summed E-state index contributed by atoms with van der Waals surface area (Å²) >= 11 is 3.43.